The van der Waals surface area contributed by atoms with Crippen molar-refractivity contribution < 1.29 is 0 Å². The Bertz CT molecular complexity index is 642. The summed E-state index contributed by atoms with van der Waals surface area (Å²) in [5.41, 5.74) is 9.11. The SMILES string of the molecule is CC(C)C(C)(C)Cn1c(C(C)(C)C)nc2cc(N)ccc21. The van der Waals surface area contributed by atoms with Gasteiger partial charge in [0.05, 0.1) is 11.0 Å². The van der Waals surface area contributed by atoms with E-state index in [2.05, 4.69) is 59.1 Å². The summed E-state index contributed by atoms with van der Waals surface area (Å²) < 4.78 is 2.38. The van der Waals surface area contributed by atoms with Crippen LogP contribution in [0.25, 0.3) is 11.0 Å². The fraction of sp³-hybridized carbons (Fsp3) is 0.611. The molecule has 21 heavy (non-hydrogen) atoms. The summed E-state index contributed by atoms with van der Waals surface area (Å²) in [4.78, 5) is 4.87. The molecule has 0 fully saturated rings. The molecule has 0 aliphatic rings. The number of aromatic nitrogens is 2. The molecular formula is C18H29N3. The minimum Gasteiger partial charge on any atom is -0.399 e. The standard InChI is InChI=1S/C18H29N3/c1-12(2)18(6,7)11-21-15-9-8-13(19)10-14(15)20-16(21)17(3,4)5/h8-10,12H,11,19H2,1-7H3. The molecule has 0 saturated carbocycles. The Morgan fingerprint density at radius 1 is 1.14 bits per heavy atom. The van der Waals surface area contributed by atoms with Crippen LogP contribution in [0.4, 0.5) is 5.69 Å². The number of anilines is 1. The first-order valence-corrected chi connectivity index (χ1v) is 7.78. The Hall–Kier alpha value is -1.51. The van der Waals surface area contributed by atoms with E-state index in [9.17, 15) is 0 Å². The van der Waals surface area contributed by atoms with Crippen molar-refractivity contribution in [3.63, 3.8) is 0 Å². The first kappa shape index (κ1) is 15.9. The number of rotatable bonds is 3. The van der Waals surface area contributed by atoms with Gasteiger partial charge in [0, 0.05) is 17.6 Å². The quantitative estimate of drug-likeness (QED) is 0.838. The number of nitrogen functional groups attached to an aromatic ring is 1. The van der Waals surface area contributed by atoms with Crippen LogP contribution in [0.1, 0.15) is 54.3 Å². The van der Waals surface area contributed by atoms with Crippen LogP contribution in [0.15, 0.2) is 18.2 Å². The number of fused-ring (bicyclic) bond motifs is 1. The summed E-state index contributed by atoms with van der Waals surface area (Å²) in [6.07, 6.45) is 0. The molecule has 0 aliphatic heterocycles. The number of nitrogens with two attached hydrogens (primary N) is 1. The first-order valence-electron chi connectivity index (χ1n) is 7.78. The maximum Gasteiger partial charge on any atom is 0.115 e. The van der Waals surface area contributed by atoms with Crippen LogP contribution >= 0.6 is 0 Å². The maximum atomic E-state index is 5.92. The summed E-state index contributed by atoms with van der Waals surface area (Å²) in [7, 11) is 0. The normalized spacial score (nSPS) is 13.3. The second kappa shape index (κ2) is 5.04. The van der Waals surface area contributed by atoms with Gasteiger partial charge in [-0.1, -0.05) is 48.5 Å². The number of benzene rings is 1. The van der Waals surface area contributed by atoms with Gasteiger partial charge in [-0.15, -0.1) is 0 Å². The molecule has 0 saturated heterocycles. The molecule has 2 aromatic rings. The highest BCUT2D eigenvalue weighted by Crippen LogP contribution is 2.34. The Balaban J connectivity index is 2.64. The fourth-order valence-electron chi connectivity index (χ4n) is 2.47. The summed E-state index contributed by atoms with van der Waals surface area (Å²) in [6.45, 7) is 16.9. The van der Waals surface area contributed by atoms with Gasteiger partial charge in [0.15, 0.2) is 0 Å². The van der Waals surface area contributed by atoms with Gasteiger partial charge in [-0.05, 0) is 29.5 Å². The van der Waals surface area contributed by atoms with E-state index in [1.165, 1.54) is 5.52 Å². The van der Waals surface area contributed by atoms with E-state index in [4.69, 9.17) is 10.7 Å². The average molecular weight is 287 g/mol. The minimum absolute atomic E-state index is 0.0147. The summed E-state index contributed by atoms with van der Waals surface area (Å²) in [5.74, 6) is 1.74. The molecule has 0 bridgehead atoms. The molecule has 0 radical (unpaired) electrons. The van der Waals surface area contributed by atoms with E-state index in [1.807, 2.05) is 12.1 Å². The highest BCUT2D eigenvalue weighted by molar-refractivity contribution is 5.80. The fourth-order valence-corrected chi connectivity index (χ4v) is 2.47. The molecule has 0 atom stereocenters. The Morgan fingerprint density at radius 2 is 1.76 bits per heavy atom. The number of imidazole rings is 1. The van der Waals surface area contributed by atoms with Crippen molar-refractivity contribution in [2.45, 2.75) is 60.4 Å². The van der Waals surface area contributed by atoms with Gasteiger partial charge in [0.1, 0.15) is 5.82 Å². The topological polar surface area (TPSA) is 43.8 Å². The molecule has 1 aromatic heterocycles. The Kier molecular flexibility index (Phi) is 3.81. The lowest BCUT2D eigenvalue weighted by Gasteiger charge is -2.32. The van der Waals surface area contributed by atoms with Gasteiger partial charge in [0.25, 0.3) is 0 Å². The van der Waals surface area contributed by atoms with Gasteiger partial charge >= 0.3 is 0 Å². The van der Waals surface area contributed by atoms with E-state index >= 15 is 0 Å². The molecule has 0 spiro atoms. The minimum atomic E-state index is 0.0147. The lowest BCUT2D eigenvalue weighted by Crippen LogP contribution is -2.29. The van der Waals surface area contributed by atoms with Crippen LogP contribution in [0.3, 0.4) is 0 Å². The van der Waals surface area contributed by atoms with Crippen molar-refractivity contribution in [3.8, 4) is 0 Å². The van der Waals surface area contributed by atoms with Gasteiger partial charge in [-0.3, -0.25) is 0 Å². The van der Waals surface area contributed by atoms with Crippen molar-refractivity contribution in [3.05, 3.63) is 24.0 Å². The van der Waals surface area contributed by atoms with Crippen molar-refractivity contribution >= 4 is 16.7 Å². The Morgan fingerprint density at radius 3 is 2.29 bits per heavy atom. The molecule has 3 nitrogen and oxygen atoms in total. The van der Waals surface area contributed by atoms with Crippen molar-refractivity contribution in [1.82, 2.24) is 9.55 Å². The number of hydrogen-bond donors (Lipinski definition) is 1. The van der Waals surface area contributed by atoms with E-state index in [0.29, 0.717) is 5.92 Å². The molecule has 2 rings (SSSR count). The molecule has 3 heteroatoms. The molecular weight excluding hydrogens is 258 g/mol. The van der Waals surface area contributed by atoms with Gasteiger partial charge in [-0.25, -0.2) is 4.98 Å². The van der Waals surface area contributed by atoms with Crippen LogP contribution < -0.4 is 5.73 Å². The third-order valence-electron chi connectivity index (χ3n) is 4.57. The predicted octanol–water partition coefficient (Wildman–Crippen LogP) is 4.60. The van der Waals surface area contributed by atoms with E-state index < -0.39 is 0 Å². The molecule has 2 N–H and O–H groups in total. The zero-order valence-corrected chi connectivity index (χ0v) is 14.5. The summed E-state index contributed by atoms with van der Waals surface area (Å²) >= 11 is 0. The van der Waals surface area contributed by atoms with Crippen LogP contribution in [0, 0.1) is 11.3 Å². The van der Waals surface area contributed by atoms with Crippen LogP contribution in [0.5, 0.6) is 0 Å². The highest BCUT2D eigenvalue weighted by Gasteiger charge is 2.29. The molecule has 0 aliphatic carbocycles. The third-order valence-corrected chi connectivity index (χ3v) is 4.57. The van der Waals surface area contributed by atoms with Crippen LogP contribution in [-0.2, 0) is 12.0 Å². The predicted molar refractivity (Wildman–Crippen MR) is 91.5 cm³/mol. The zero-order valence-electron chi connectivity index (χ0n) is 14.5. The number of hydrogen-bond acceptors (Lipinski definition) is 2. The summed E-state index contributed by atoms with van der Waals surface area (Å²) in [5, 5.41) is 0. The second-order valence-electron chi connectivity index (χ2n) is 8.16. The number of nitrogens with zero attached hydrogens (tertiary/aromatic N) is 2. The highest BCUT2D eigenvalue weighted by atomic mass is 15.1. The van der Waals surface area contributed by atoms with Gasteiger partial charge in [-0.2, -0.15) is 0 Å². The lowest BCUT2D eigenvalue weighted by atomic mass is 9.81. The zero-order chi connectivity index (χ0) is 16.0. The molecule has 1 aromatic carbocycles. The van der Waals surface area contributed by atoms with Gasteiger partial charge in [0.2, 0.25) is 0 Å². The average Bonchev–Trinajstić information content (AvgIpc) is 2.66. The van der Waals surface area contributed by atoms with Crippen molar-refractivity contribution in [2.75, 3.05) is 5.73 Å². The first-order chi connectivity index (χ1) is 9.52. The maximum absolute atomic E-state index is 5.92. The Labute approximate surface area is 128 Å². The third kappa shape index (κ3) is 3.07. The van der Waals surface area contributed by atoms with Crippen molar-refractivity contribution in [2.24, 2.45) is 11.3 Å². The molecule has 0 unspecified atom stereocenters. The van der Waals surface area contributed by atoms with Gasteiger partial charge < -0.3 is 10.3 Å². The van der Waals surface area contributed by atoms with E-state index in [1.54, 1.807) is 0 Å². The largest absolute Gasteiger partial charge is 0.399 e. The lowest BCUT2D eigenvalue weighted by molar-refractivity contribution is 0.207. The molecule has 1 heterocycles. The molecule has 0 amide bonds. The van der Waals surface area contributed by atoms with Crippen LogP contribution in [-0.4, -0.2) is 9.55 Å². The summed E-state index contributed by atoms with van der Waals surface area (Å²) in [6, 6.07) is 6.04. The van der Waals surface area contributed by atoms with E-state index in [-0.39, 0.29) is 10.8 Å². The van der Waals surface area contributed by atoms with E-state index in [0.717, 1.165) is 23.6 Å². The van der Waals surface area contributed by atoms with Crippen molar-refractivity contribution in [1.29, 1.82) is 0 Å². The monoisotopic (exact) mass is 287 g/mol. The van der Waals surface area contributed by atoms with Crippen LogP contribution in [0.2, 0.25) is 0 Å². The smallest absolute Gasteiger partial charge is 0.115 e. The second-order valence-corrected chi connectivity index (χ2v) is 8.16. The molecule has 116 valence electrons.